The summed E-state index contributed by atoms with van der Waals surface area (Å²) in [6, 6.07) is 0. The maximum Gasteiger partial charge on any atom is 0.213 e. The van der Waals surface area contributed by atoms with Crippen molar-refractivity contribution in [1.29, 1.82) is 0 Å². The molecular formula is C8H12Cl12O4Ti. The number of rotatable bonds is 0. The van der Waals surface area contributed by atoms with Crippen LogP contribution in [0.1, 0.15) is 0 Å². The van der Waals surface area contributed by atoms with Gasteiger partial charge in [-0.25, -0.2) is 0 Å². The quantitative estimate of drug-likeness (QED) is 0.211. The van der Waals surface area contributed by atoms with Crippen LogP contribution in [0.5, 0.6) is 0 Å². The van der Waals surface area contributed by atoms with Crippen molar-refractivity contribution < 1.29 is 42.1 Å². The Hall–Kier alpha value is 4.03. The zero-order chi connectivity index (χ0) is 20.8. The van der Waals surface area contributed by atoms with Crippen molar-refractivity contribution in [2.45, 2.75) is 15.2 Å². The predicted molar refractivity (Wildman–Crippen MR) is 110 cm³/mol. The molecule has 0 aliphatic rings. The zero-order valence-electron chi connectivity index (χ0n) is 11.7. The first-order chi connectivity index (χ1) is 10.2. The summed E-state index contributed by atoms with van der Waals surface area (Å²) in [4.78, 5) is 0. The van der Waals surface area contributed by atoms with E-state index >= 15 is 0 Å². The fourth-order valence-corrected chi connectivity index (χ4v) is 0. The summed E-state index contributed by atoms with van der Waals surface area (Å²) in [6.45, 7) is -1.73. The molecule has 0 atom stereocenters. The molecule has 4 N–H and O–H groups in total. The van der Waals surface area contributed by atoms with Gasteiger partial charge in [-0.15, -0.1) is 0 Å². The van der Waals surface area contributed by atoms with Gasteiger partial charge in [0.05, 0.1) is 26.4 Å². The third kappa shape index (κ3) is 73.9. The van der Waals surface area contributed by atoms with E-state index in [4.69, 9.17) is 160 Å². The van der Waals surface area contributed by atoms with Gasteiger partial charge in [0.25, 0.3) is 0 Å². The number of hydrogen-bond acceptors (Lipinski definition) is 4. The molecule has 0 bridgehead atoms. The smallest absolute Gasteiger partial charge is 0.213 e. The standard InChI is InChI=1S/4C2H3Cl3O.Ti/c4*3-2(4,5)1-6;/h4*6H,1H2;. The van der Waals surface area contributed by atoms with Crippen molar-refractivity contribution >= 4 is 139 Å². The van der Waals surface area contributed by atoms with Crippen LogP contribution in [0, 0.1) is 0 Å². The maximum absolute atomic E-state index is 8.01. The molecule has 17 heteroatoms. The van der Waals surface area contributed by atoms with Gasteiger partial charge in [-0.2, -0.15) is 0 Å². The Balaban J connectivity index is -0.0000000702. The van der Waals surface area contributed by atoms with E-state index in [-0.39, 0.29) is 21.7 Å². The van der Waals surface area contributed by atoms with Crippen LogP contribution in [-0.2, 0) is 21.7 Å². The molecule has 4 nitrogen and oxygen atoms in total. The van der Waals surface area contributed by atoms with Crippen LogP contribution in [0.15, 0.2) is 0 Å². The largest absolute Gasteiger partial charge is 0.392 e. The number of halogens is 12. The van der Waals surface area contributed by atoms with Crippen molar-refractivity contribution in [1.82, 2.24) is 0 Å². The fourth-order valence-electron chi connectivity index (χ4n) is 0. The topological polar surface area (TPSA) is 80.9 Å². The Morgan fingerprint density at radius 1 is 0.360 bits per heavy atom. The first-order valence-corrected chi connectivity index (χ1v) is 9.48. The molecule has 0 fully saturated rings. The minimum absolute atomic E-state index is 0. The third-order valence-corrected chi connectivity index (χ3v) is 2.15. The van der Waals surface area contributed by atoms with E-state index in [0.717, 1.165) is 0 Å². The monoisotopic (exact) mass is 640 g/mol. The van der Waals surface area contributed by atoms with Crippen molar-refractivity contribution in [3.63, 3.8) is 0 Å². The summed E-state index contributed by atoms with van der Waals surface area (Å²) in [7, 11) is 0. The third-order valence-electron chi connectivity index (χ3n) is 0.717. The first kappa shape index (κ1) is 39.5. The molecule has 0 spiro atoms. The average Bonchev–Trinajstić information content (AvgIpc) is 2.37. The van der Waals surface area contributed by atoms with Crippen LogP contribution in [0.3, 0.4) is 0 Å². The molecular weight excluding hydrogens is 633 g/mol. The van der Waals surface area contributed by atoms with Crippen LogP contribution < -0.4 is 0 Å². The Bertz CT molecular complexity index is 216. The molecule has 0 unspecified atom stereocenters. The SMILES string of the molecule is OCC(Cl)(Cl)Cl.OCC(Cl)(Cl)Cl.OCC(Cl)(Cl)Cl.OCC(Cl)(Cl)Cl.[Ti]. The molecule has 25 heavy (non-hydrogen) atoms. The second-order valence-electron chi connectivity index (χ2n) is 3.09. The molecule has 0 radical (unpaired) electrons. The van der Waals surface area contributed by atoms with Gasteiger partial charge in [0.2, 0.25) is 15.2 Å². The van der Waals surface area contributed by atoms with Crippen molar-refractivity contribution in [2.24, 2.45) is 0 Å². The summed E-state index contributed by atoms with van der Waals surface area (Å²) < 4.78 is -5.94. The molecule has 0 saturated carbocycles. The molecule has 156 valence electrons. The molecule has 0 aromatic heterocycles. The first-order valence-electron chi connectivity index (χ1n) is 4.95. The number of alkyl halides is 12. The molecule has 0 aliphatic heterocycles. The molecule has 0 saturated heterocycles. The number of hydrogen-bond donors (Lipinski definition) is 4. The minimum atomic E-state index is -1.49. The van der Waals surface area contributed by atoms with Crippen molar-refractivity contribution in [3.05, 3.63) is 0 Å². The average molecular weight is 645 g/mol. The Morgan fingerprint density at radius 3 is 0.400 bits per heavy atom. The van der Waals surface area contributed by atoms with E-state index in [0.29, 0.717) is 0 Å². The molecule has 0 amide bonds. The van der Waals surface area contributed by atoms with Gasteiger partial charge in [0, 0.05) is 21.7 Å². The van der Waals surface area contributed by atoms with Gasteiger partial charge >= 0.3 is 0 Å². The Kier molecular flexibility index (Phi) is 31.5. The second kappa shape index (κ2) is 20.0. The summed E-state index contributed by atoms with van der Waals surface area (Å²) in [5.41, 5.74) is 0. The van der Waals surface area contributed by atoms with Crippen LogP contribution in [0.25, 0.3) is 0 Å². The van der Waals surface area contributed by atoms with Gasteiger partial charge in [0.1, 0.15) is 0 Å². The summed E-state index contributed by atoms with van der Waals surface area (Å²) in [5.74, 6) is 0. The van der Waals surface area contributed by atoms with E-state index in [2.05, 4.69) is 0 Å². The zero-order valence-corrected chi connectivity index (χ0v) is 22.3. The van der Waals surface area contributed by atoms with Crippen LogP contribution >= 0.6 is 139 Å². The Morgan fingerprint density at radius 2 is 0.400 bits per heavy atom. The normalized spacial score (nSPS) is 11.5. The molecule has 0 aromatic rings. The van der Waals surface area contributed by atoms with Gasteiger partial charge in [-0.05, 0) is 0 Å². The number of aliphatic hydroxyl groups is 4. The van der Waals surface area contributed by atoms with Crippen LogP contribution in [0.4, 0.5) is 0 Å². The van der Waals surface area contributed by atoms with Crippen molar-refractivity contribution in [3.8, 4) is 0 Å². The van der Waals surface area contributed by atoms with E-state index in [1.165, 1.54) is 0 Å². The van der Waals surface area contributed by atoms with E-state index in [9.17, 15) is 0 Å². The maximum atomic E-state index is 8.01. The molecule has 0 rings (SSSR count). The van der Waals surface area contributed by atoms with Gasteiger partial charge < -0.3 is 20.4 Å². The van der Waals surface area contributed by atoms with E-state index < -0.39 is 41.6 Å². The molecule has 0 aromatic carbocycles. The van der Waals surface area contributed by atoms with E-state index in [1.807, 2.05) is 0 Å². The Labute approximate surface area is 220 Å². The number of aliphatic hydroxyl groups excluding tert-OH is 4. The van der Waals surface area contributed by atoms with Crippen LogP contribution in [0.2, 0.25) is 0 Å². The minimum Gasteiger partial charge on any atom is -0.392 e. The summed E-state index contributed by atoms with van der Waals surface area (Å²) >= 11 is 60.0. The fraction of sp³-hybridized carbons (Fsp3) is 1.00. The van der Waals surface area contributed by atoms with Gasteiger partial charge in [-0.3, -0.25) is 0 Å². The molecule has 0 heterocycles. The van der Waals surface area contributed by atoms with Crippen molar-refractivity contribution in [2.75, 3.05) is 26.4 Å². The summed E-state index contributed by atoms with van der Waals surface area (Å²) in [5, 5.41) is 32.0. The summed E-state index contributed by atoms with van der Waals surface area (Å²) in [6.07, 6.45) is 0. The molecule has 0 aliphatic carbocycles. The predicted octanol–water partition coefficient (Wildman–Crippen LogP) is 5.39. The van der Waals surface area contributed by atoms with Gasteiger partial charge in [0.15, 0.2) is 0 Å². The van der Waals surface area contributed by atoms with Crippen LogP contribution in [-0.4, -0.2) is 62.0 Å². The van der Waals surface area contributed by atoms with Gasteiger partial charge in [-0.1, -0.05) is 139 Å². The second-order valence-corrected chi connectivity index (χ2v) is 13.2. The van der Waals surface area contributed by atoms with E-state index in [1.54, 1.807) is 0 Å².